The van der Waals surface area contributed by atoms with E-state index in [0.717, 1.165) is 6.07 Å². The number of alkyl halides is 3. The summed E-state index contributed by atoms with van der Waals surface area (Å²) in [7, 11) is 0. The van der Waals surface area contributed by atoms with Gasteiger partial charge in [0, 0.05) is 19.5 Å². The number of nitrogens with zero attached hydrogens (tertiary/aromatic N) is 1. The van der Waals surface area contributed by atoms with Crippen molar-refractivity contribution in [2.75, 3.05) is 13.1 Å². The lowest BCUT2D eigenvalue weighted by Crippen LogP contribution is -2.57. The molecule has 0 aliphatic carbocycles. The molecule has 2 aliphatic rings. The molecule has 0 bridgehead atoms. The Labute approximate surface area is 138 Å². The molecule has 4 nitrogen and oxygen atoms in total. The molecule has 0 spiro atoms. The molecule has 1 aromatic rings. The number of ketones is 1. The molecule has 3 rings (SSSR count). The molecule has 130 valence electrons. The van der Waals surface area contributed by atoms with Crippen molar-refractivity contribution in [1.82, 2.24) is 10.2 Å². The minimum Gasteiger partial charge on any atom is -0.328 e. The van der Waals surface area contributed by atoms with E-state index in [4.69, 9.17) is 0 Å². The van der Waals surface area contributed by atoms with Crippen LogP contribution in [0.2, 0.25) is 0 Å². The van der Waals surface area contributed by atoms with Crippen LogP contribution in [-0.2, 0) is 15.8 Å². The van der Waals surface area contributed by atoms with E-state index in [1.54, 1.807) is 0 Å². The minimum atomic E-state index is -4.52. The lowest BCUT2D eigenvalue weighted by Gasteiger charge is -2.41. The Morgan fingerprint density at radius 1 is 1.33 bits per heavy atom. The molecule has 2 atom stereocenters. The normalized spacial score (nSPS) is 27.8. The molecule has 1 aromatic carbocycles. The Bertz CT molecular complexity index is 674. The Morgan fingerprint density at radius 3 is 2.71 bits per heavy atom. The number of carbonyl (C=O) groups is 2. The standard InChI is InChI=1S/C17H19F3N2O2/c1-11(23)16-8-4-10-22(16)14(24)7-9-21-15(16)12-5-2-3-6-13(12)17(18,19)20/h2-3,5-6,15,21H,4,7-10H2,1H3. The summed E-state index contributed by atoms with van der Waals surface area (Å²) in [5.41, 5.74) is -1.97. The Morgan fingerprint density at radius 2 is 2.04 bits per heavy atom. The van der Waals surface area contributed by atoms with Crippen molar-refractivity contribution in [2.24, 2.45) is 0 Å². The van der Waals surface area contributed by atoms with Gasteiger partial charge in [0.05, 0.1) is 11.6 Å². The van der Waals surface area contributed by atoms with Gasteiger partial charge in [-0.05, 0) is 31.4 Å². The molecule has 2 unspecified atom stereocenters. The second-order valence-corrected chi connectivity index (χ2v) is 6.35. The monoisotopic (exact) mass is 340 g/mol. The van der Waals surface area contributed by atoms with Crippen molar-refractivity contribution in [1.29, 1.82) is 0 Å². The molecule has 2 saturated heterocycles. The van der Waals surface area contributed by atoms with Crippen molar-refractivity contribution in [3.8, 4) is 0 Å². The van der Waals surface area contributed by atoms with Gasteiger partial charge in [-0.1, -0.05) is 18.2 Å². The van der Waals surface area contributed by atoms with Crippen LogP contribution in [0.1, 0.15) is 43.4 Å². The van der Waals surface area contributed by atoms with Gasteiger partial charge in [-0.3, -0.25) is 9.59 Å². The lowest BCUT2D eigenvalue weighted by molar-refractivity contribution is -0.144. The van der Waals surface area contributed by atoms with Crippen molar-refractivity contribution < 1.29 is 22.8 Å². The van der Waals surface area contributed by atoms with Crippen molar-refractivity contribution in [3.05, 3.63) is 35.4 Å². The highest BCUT2D eigenvalue weighted by atomic mass is 19.4. The number of halogens is 3. The fraction of sp³-hybridized carbons (Fsp3) is 0.529. The zero-order chi connectivity index (χ0) is 17.5. The van der Waals surface area contributed by atoms with Crippen LogP contribution in [0.5, 0.6) is 0 Å². The second-order valence-electron chi connectivity index (χ2n) is 6.35. The first kappa shape index (κ1) is 17.0. The smallest absolute Gasteiger partial charge is 0.328 e. The van der Waals surface area contributed by atoms with Gasteiger partial charge in [0.1, 0.15) is 5.54 Å². The fourth-order valence-corrected chi connectivity index (χ4v) is 4.06. The number of rotatable bonds is 2. The van der Waals surface area contributed by atoms with Crippen LogP contribution in [0.15, 0.2) is 24.3 Å². The predicted molar refractivity (Wildman–Crippen MR) is 81.2 cm³/mol. The minimum absolute atomic E-state index is 0.0294. The van der Waals surface area contributed by atoms with E-state index in [9.17, 15) is 22.8 Å². The topological polar surface area (TPSA) is 49.4 Å². The van der Waals surface area contributed by atoms with Crippen LogP contribution in [0, 0.1) is 0 Å². The highest BCUT2D eigenvalue weighted by molar-refractivity contribution is 5.93. The van der Waals surface area contributed by atoms with Gasteiger partial charge < -0.3 is 10.2 Å². The van der Waals surface area contributed by atoms with E-state index >= 15 is 0 Å². The summed E-state index contributed by atoms with van der Waals surface area (Å²) in [6.07, 6.45) is -3.36. The number of hydrogen-bond donors (Lipinski definition) is 1. The van der Waals surface area contributed by atoms with Gasteiger partial charge in [0.15, 0.2) is 5.78 Å². The number of fused-ring (bicyclic) bond motifs is 1. The average Bonchev–Trinajstić information content (AvgIpc) is 2.91. The fourth-order valence-electron chi connectivity index (χ4n) is 4.06. The third-order valence-electron chi connectivity index (χ3n) is 5.07. The number of nitrogens with one attached hydrogen (secondary N) is 1. The molecule has 0 saturated carbocycles. The van der Waals surface area contributed by atoms with Gasteiger partial charge in [0.2, 0.25) is 5.91 Å². The van der Waals surface area contributed by atoms with E-state index in [1.807, 2.05) is 0 Å². The zero-order valence-corrected chi connectivity index (χ0v) is 13.3. The largest absolute Gasteiger partial charge is 0.416 e. The van der Waals surface area contributed by atoms with Crippen LogP contribution in [0.3, 0.4) is 0 Å². The maximum Gasteiger partial charge on any atom is 0.416 e. The van der Waals surface area contributed by atoms with Gasteiger partial charge >= 0.3 is 6.18 Å². The van der Waals surface area contributed by atoms with Crippen LogP contribution in [-0.4, -0.2) is 35.2 Å². The third kappa shape index (κ3) is 2.51. The SMILES string of the molecule is CC(=O)C12CCCN1C(=O)CCNC2c1ccccc1C(F)(F)F. The summed E-state index contributed by atoms with van der Waals surface area (Å²) in [6, 6.07) is 4.43. The number of hydrogen-bond acceptors (Lipinski definition) is 3. The maximum absolute atomic E-state index is 13.5. The summed E-state index contributed by atoms with van der Waals surface area (Å²) in [6.45, 7) is 2.02. The Hall–Kier alpha value is -1.89. The van der Waals surface area contributed by atoms with Gasteiger partial charge in [0.25, 0.3) is 0 Å². The summed E-state index contributed by atoms with van der Waals surface area (Å²) >= 11 is 0. The summed E-state index contributed by atoms with van der Waals surface area (Å²) in [4.78, 5) is 26.4. The van der Waals surface area contributed by atoms with Crippen molar-refractivity contribution >= 4 is 11.7 Å². The molecule has 2 fully saturated rings. The first-order chi connectivity index (χ1) is 11.3. The Kier molecular flexibility index (Phi) is 4.15. The number of benzene rings is 1. The second kappa shape index (κ2) is 5.88. The van der Waals surface area contributed by atoms with Gasteiger partial charge in [-0.2, -0.15) is 13.2 Å². The Balaban J connectivity index is 2.19. The van der Waals surface area contributed by atoms with E-state index in [0.29, 0.717) is 19.4 Å². The molecule has 2 aliphatic heterocycles. The van der Waals surface area contributed by atoms with Crippen molar-refractivity contribution in [3.63, 3.8) is 0 Å². The molecule has 0 radical (unpaired) electrons. The lowest BCUT2D eigenvalue weighted by atomic mass is 9.78. The summed E-state index contributed by atoms with van der Waals surface area (Å²) in [5.74, 6) is -0.452. The van der Waals surface area contributed by atoms with E-state index < -0.39 is 23.3 Å². The van der Waals surface area contributed by atoms with E-state index in [-0.39, 0.29) is 30.2 Å². The molecule has 0 aromatic heterocycles. The number of carbonyl (C=O) groups excluding carboxylic acids is 2. The molecule has 7 heteroatoms. The molecule has 24 heavy (non-hydrogen) atoms. The van der Waals surface area contributed by atoms with Gasteiger partial charge in [-0.25, -0.2) is 0 Å². The first-order valence-corrected chi connectivity index (χ1v) is 7.99. The quantitative estimate of drug-likeness (QED) is 0.901. The molecular formula is C17H19F3N2O2. The summed E-state index contributed by atoms with van der Waals surface area (Å²) in [5, 5.41) is 3.05. The maximum atomic E-state index is 13.5. The molecular weight excluding hydrogens is 321 g/mol. The van der Waals surface area contributed by atoms with E-state index in [2.05, 4.69) is 5.32 Å². The highest BCUT2D eigenvalue weighted by Crippen LogP contribution is 2.45. The van der Waals surface area contributed by atoms with Gasteiger partial charge in [-0.15, -0.1) is 0 Å². The highest BCUT2D eigenvalue weighted by Gasteiger charge is 2.55. The van der Waals surface area contributed by atoms with Crippen LogP contribution in [0.4, 0.5) is 13.2 Å². The number of amides is 1. The molecule has 2 heterocycles. The van der Waals surface area contributed by atoms with Crippen LogP contribution < -0.4 is 5.32 Å². The zero-order valence-electron chi connectivity index (χ0n) is 13.3. The third-order valence-corrected chi connectivity index (χ3v) is 5.07. The average molecular weight is 340 g/mol. The molecule has 1 amide bonds. The van der Waals surface area contributed by atoms with Crippen molar-refractivity contribution in [2.45, 2.75) is 43.9 Å². The first-order valence-electron chi connectivity index (χ1n) is 7.99. The van der Waals surface area contributed by atoms with Crippen LogP contribution in [0.25, 0.3) is 0 Å². The predicted octanol–water partition coefficient (Wildman–Crippen LogP) is 2.69. The molecule has 1 N–H and O–H groups in total. The summed E-state index contributed by atoms with van der Waals surface area (Å²) < 4.78 is 40.4. The number of Topliss-reactive ketones (excluding diaryl/α,β-unsaturated/α-hetero) is 1. The van der Waals surface area contributed by atoms with Crippen LogP contribution >= 0.6 is 0 Å². The van der Waals surface area contributed by atoms with E-state index in [1.165, 1.54) is 30.0 Å².